The van der Waals surface area contributed by atoms with Gasteiger partial charge in [-0.25, -0.2) is 4.39 Å². The molecule has 0 aliphatic carbocycles. The van der Waals surface area contributed by atoms with Gasteiger partial charge in [0.2, 0.25) is 5.91 Å². The maximum atomic E-state index is 13.4. The van der Waals surface area contributed by atoms with Gasteiger partial charge in [-0.3, -0.25) is 14.9 Å². The summed E-state index contributed by atoms with van der Waals surface area (Å²) in [6.07, 6.45) is 2.00. The van der Waals surface area contributed by atoms with Crippen LogP contribution in [-0.4, -0.2) is 23.9 Å². The molecule has 2 aromatic carbocycles. The maximum absolute atomic E-state index is 13.4. The maximum Gasteiger partial charge on any atom is 0.274 e. The summed E-state index contributed by atoms with van der Waals surface area (Å²) in [5.41, 5.74) is 2.80. The Morgan fingerprint density at radius 3 is 2.92 bits per heavy atom. The van der Waals surface area contributed by atoms with Gasteiger partial charge < -0.3 is 10.2 Å². The molecule has 0 fully saturated rings. The Labute approximate surface area is 150 Å². The number of nitro groups is 1. The molecule has 0 bridgehead atoms. The van der Waals surface area contributed by atoms with Crippen LogP contribution >= 0.6 is 0 Å². The van der Waals surface area contributed by atoms with E-state index in [0.717, 1.165) is 30.6 Å². The molecule has 0 unspecified atom stereocenters. The summed E-state index contributed by atoms with van der Waals surface area (Å²) in [6.45, 7) is 2.95. The summed E-state index contributed by atoms with van der Waals surface area (Å²) in [5, 5.41) is 13.7. The van der Waals surface area contributed by atoms with Crippen LogP contribution in [0.25, 0.3) is 0 Å². The Morgan fingerprint density at radius 2 is 2.15 bits per heavy atom. The normalized spacial score (nSPS) is 13.2. The molecule has 26 heavy (non-hydrogen) atoms. The lowest BCUT2D eigenvalue weighted by Gasteiger charge is -2.31. The zero-order chi connectivity index (χ0) is 18.7. The van der Waals surface area contributed by atoms with E-state index >= 15 is 0 Å². The van der Waals surface area contributed by atoms with E-state index in [1.807, 2.05) is 0 Å². The van der Waals surface area contributed by atoms with Crippen molar-refractivity contribution in [1.82, 2.24) is 0 Å². The Bertz CT molecular complexity index is 854. The van der Waals surface area contributed by atoms with Crippen LogP contribution in [0.5, 0.6) is 0 Å². The standard InChI is InChI=1S/C19H20FN3O3/c1-13-16(5-2-6-17(13)23(25)26)21-19(24)9-11-22-10-3-4-14-12-15(20)7-8-18(14)22/h2,5-8,12H,3-4,9-11H2,1H3,(H,21,24). The minimum Gasteiger partial charge on any atom is -0.371 e. The average Bonchev–Trinajstić information content (AvgIpc) is 2.61. The number of fused-ring (bicyclic) bond motifs is 1. The third-order valence-corrected chi connectivity index (χ3v) is 4.64. The van der Waals surface area contributed by atoms with Gasteiger partial charge in [0.25, 0.3) is 5.69 Å². The molecule has 1 heterocycles. The number of carbonyl (C=O) groups excluding carboxylic acids is 1. The molecule has 2 aromatic rings. The largest absolute Gasteiger partial charge is 0.371 e. The first-order valence-corrected chi connectivity index (χ1v) is 8.53. The summed E-state index contributed by atoms with van der Waals surface area (Å²) in [7, 11) is 0. The Hall–Kier alpha value is -2.96. The Balaban J connectivity index is 1.64. The molecule has 0 aromatic heterocycles. The Kier molecular flexibility index (Phi) is 5.16. The zero-order valence-corrected chi connectivity index (χ0v) is 14.5. The van der Waals surface area contributed by atoms with Crippen LogP contribution < -0.4 is 10.2 Å². The van der Waals surface area contributed by atoms with Gasteiger partial charge in [0.15, 0.2) is 0 Å². The van der Waals surface area contributed by atoms with Gasteiger partial charge >= 0.3 is 0 Å². The number of nitrogens with zero attached hydrogens (tertiary/aromatic N) is 2. The molecule has 0 atom stereocenters. The lowest BCUT2D eigenvalue weighted by Crippen LogP contribution is -2.32. The fourth-order valence-electron chi connectivity index (χ4n) is 3.28. The van der Waals surface area contributed by atoms with Crippen molar-refractivity contribution < 1.29 is 14.1 Å². The number of nitrogens with one attached hydrogen (secondary N) is 1. The second kappa shape index (κ2) is 7.51. The van der Waals surface area contributed by atoms with Crippen LogP contribution in [0, 0.1) is 22.9 Å². The molecule has 0 saturated carbocycles. The molecule has 0 radical (unpaired) electrons. The van der Waals surface area contributed by atoms with E-state index in [2.05, 4.69) is 10.2 Å². The highest BCUT2D eigenvalue weighted by molar-refractivity contribution is 5.92. The smallest absolute Gasteiger partial charge is 0.274 e. The number of carbonyl (C=O) groups is 1. The highest BCUT2D eigenvalue weighted by atomic mass is 19.1. The molecule has 1 N–H and O–H groups in total. The number of amides is 1. The van der Waals surface area contributed by atoms with Gasteiger partial charge in [-0.05, 0) is 49.6 Å². The molecule has 1 amide bonds. The number of halogens is 1. The first-order chi connectivity index (χ1) is 12.5. The van der Waals surface area contributed by atoms with Crippen molar-refractivity contribution in [3.05, 3.63) is 63.5 Å². The predicted octanol–water partition coefficient (Wildman–Crippen LogP) is 3.82. The van der Waals surface area contributed by atoms with Gasteiger partial charge in [0.05, 0.1) is 16.2 Å². The number of nitro benzene ring substituents is 1. The van der Waals surface area contributed by atoms with Crippen LogP contribution in [0.3, 0.4) is 0 Å². The molecule has 0 saturated heterocycles. The molecular formula is C19H20FN3O3. The molecule has 136 valence electrons. The molecule has 3 rings (SSSR count). The quantitative estimate of drug-likeness (QED) is 0.652. The monoisotopic (exact) mass is 357 g/mol. The number of benzene rings is 2. The first kappa shape index (κ1) is 17.8. The number of anilines is 2. The van der Waals surface area contributed by atoms with E-state index in [1.54, 1.807) is 31.2 Å². The van der Waals surface area contributed by atoms with Gasteiger partial charge in [-0.15, -0.1) is 0 Å². The van der Waals surface area contributed by atoms with Crippen molar-refractivity contribution in [3.63, 3.8) is 0 Å². The first-order valence-electron chi connectivity index (χ1n) is 8.53. The predicted molar refractivity (Wildman–Crippen MR) is 98.0 cm³/mol. The number of rotatable bonds is 5. The fraction of sp³-hybridized carbons (Fsp3) is 0.316. The summed E-state index contributed by atoms with van der Waals surface area (Å²) >= 11 is 0. The third kappa shape index (κ3) is 3.82. The minimum atomic E-state index is -0.464. The molecule has 0 spiro atoms. The van der Waals surface area contributed by atoms with E-state index in [-0.39, 0.29) is 23.8 Å². The van der Waals surface area contributed by atoms with Crippen LogP contribution in [0.15, 0.2) is 36.4 Å². The van der Waals surface area contributed by atoms with Crippen LogP contribution in [-0.2, 0) is 11.2 Å². The van der Waals surface area contributed by atoms with Crippen LogP contribution in [0.4, 0.5) is 21.5 Å². The van der Waals surface area contributed by atoms with Gasteiger partial charge in [-0.1, -0.05) is 6.07 Å². The minimum absolute atomic E-state index is 0.0187. The van der Waals surface area contributed by atoms with E-state index in [0.29, 0.717) is 17.8 Å². The highest BCUT2D eigenvalue weighted by Gasteiger charge is 2.19. The van der Waals surface area contributed by atoms with Gasteiger partial charge in [-0.2, -0.15) is 0 Å². The molecule has 6 nitrogen and oxygen atoms in total. The lowest BCUT2D eigenvalue weighted by atomic mass is 10.0. The van der Waals surface area contributed by atoms with Crippen LogP contribution in [0.1, 0.15) is 24.0 Å². The van der Waals surface area contributed by atoms with E-state index in [1.165, 1.54) is 12.1 Å². The van der Waals surface area contributed by atoms with Crippen molar-refractivity contribution in [2.45, 2.75) is 26.2 Å². The Morgan fingerprint density at radius 1 is 1.35 bits per heavy atom. The summed E-state index contributed by atoms with van der Waals surface area (Å²) in [6, 6.07) is 9.36. The lowest BCUT2D eigenvalue weighted by molar-refractivity contribution is -0.385. The summed E-state index contributed by atoms with van der Waals surface area (Å²) < 4.78 is 13.4. The average molecular weight is 357 g/mol. The zero-order valence-electron chi connectivity index (χ0n) is 14.5. The molecule has 1 aliphatic rings. The molecular weight excluding hydrogens is 337 g/mol. The second-order valence-electron chi connectivity index (χ2n) is 6.37. The van der Waals surface area contributed by atoms with Gasteiger partial charge in [0, 0.05) is 31.3 Å². The van der Waals surface area contributed by atoms with Crippen molar-refractivity contribution in [1.29, 1.82) is 0 Å². The summed E-state index contributed by atoms with van der Waals surface area (Å²) in [5.74, 6) is -0.452. The van der Waals surface area contributed by atoms with E-state index < -0.39 is 4.92 Å². The molecule has 1 aliphatic heterocycles. The number of hydrogen-bond donors (Lipinski definition) is 1. The highest BCUT2D eigenvalue weighted by Crippen LogP contribution is 2.28. The molecule has 7 heteroatoms. The third-order valence-electron chi connectivity index (χ3n) is 4.64. The number of aryl methyl sites for hydroxylation is 1. The van der Waals surface area contributed by atoms with E-state index in [4.69, 9.17) is 0 Å². The van der Waals surface area contributed by atoms with Gasteiger partial charge in [0.1, 0.15) is 5.82 Å². The van der Waals surface area contributed by atoms with Crippen molar-refractivity contribution in [2.24, 2.45) is 0 Å². The van der Waals surface area contributed by atoms with Crippen LogP contribution in [0.2, 0.25) is 0 Å². The number of hydrogen-bond acceptors (Lipinski definition) is 4. The topological polar surface area (TPSA) is 75.5 Å². The van der Waals surface area contributed by atoms with Crippen molar-refractivity contribution >= 4 is 23.0 Å². The van der Waals surface area contributed by atoms with Crippen molar-refractivity contribution in [2.75, 3.05) is 23.3 Å². The van der Waals surface area contributed by atoms with Crippen molar-refractivity contribution in [3.8, 4) is 0 Å². The SMILES string of the molecule is Cc1c(NC(=O)CCN2CCCc3cc(F)ccc32)cccc1[N+](=O)[O-]. The van der Waals surface area contributed by atoms with E-state index in [9.17, 15) is 19.3 Å². The summed E-state index contributed by atoms with van der Waals surface area (Å²) in [4.78, 5) is 24.9. The second-order valence-corrected chi connectivity index (χ2v) is 6.37. The fourth-order valence-corrected chi connectivity index (χ4v) is 3.28.